The number of para-hydroxylation sites is 1. The van der Waals surface area contributed by atoms with E-state index < -0.39 is 0 Å². The molecule has 1 aromatic carbocycles. The lowest BCUT2D eigenvalue weighted by Crippen LogP contribution is -2.15. The smallest absolute Gasteiger partial charge is 0.0755 e. The summed E-state index contributed by atoms with van der Waals surface area (Å²) in [6, 6.07) is 8.29. The Morgan fingerprint density at radius 3 is 3.12 bits per heavy atom. The van der Waals surface area contributed by atoms with Crippen molar-refractivity contribution in [1.29, 1.82) is 0 Å². The van der Waals surface area contributed by atoms with E-state index in [2.05, 4.69) is 30.4 Å². The minimum absolute atomic E-state index is 0.676. The van der Waals surface area contributed by atoms with Crippen molar-refractivity contribution in [3.8, 4) is 0 Å². The Hall–Kier alpha value is -1.61. The fourth-order valence-electron chi connectivity index (χ4n) is 2.39. The van der Waals surface area contributed by atoms with E-state index in [1.165, 1.54) is 22.3 Å². The summed E-state index contributed by atoms with van der Waals surface area (Å²) in [6.07, 6.45) is 0.915. The molecule has 0 fully saturated rings. The van der Waals surface area contributed by atoms with Crippen molar-refractivity contribution < 1.29 is 4.74 Å². The third-order valence-electron chi connectivity index (χ3n) is 3.16. The normalized spacial score (nSPS) is 14.6. The van der Waals surface area contributed by atoms with Crippen LogP contribution < -0.4 is 5.32 Å². The average Bonchev–Trinajstić information content (AvgIpc) is 2.39. The number of ether oxygens (including phenoxy) is 1. The van der Waals surface area contributed by atoms with Gasteiger partial charge < -0.3 is 10.1 Å². The van der Waals surface area contributed by atoms with Gasteiger partial charge in [0.2, 0.25) is 0 Å². The monoisotopic (exact) mass is 228 g/mol. The van der Waals surface area contributed by atoms with E-state index in [1.807, 2.05) is 6.07 Å². The van der Waals surface area contributed by atoms with Gasteiger partial charge in [-0.05, 0) is 13.0 Å². The van der Waals surface area contributed by atoms with Crippen molar-refractivity contribution in [2.75, 3.05) is 18.5 Å². The molecule has 0 aliphatic carbocycles. The third kappa shape index (κ3) is 1.76. The Morgan fingerprint density at radius 2 is 2.24 bits per heavy atom. The van der Waals surface area contributed by atoms with Crippen LogP contribution in [0.2, 0.25) is 0 Å². The van der Waals surface area contributed by atoms with Gasteiger partial charge in [0.1, 0.15) is 0 Å². The van der Waals surface area contributed by atoms with Crippen LogP contribution in [0.5, 0.6) is 0 Å². The van der Waals surface area contributed by atoms with Crippen molar-refractivity contribution in [1.82, 2.24) is 4.98 Å². The first-order valence-corrected chi connectivity index (χ1v) is 6.12. The highest BCUT2D eigenvalue weighted by atomic mass is 16.5. The molecule has 1 aromatic heterocycles. The third-order valence-corrected chi connectivity index (χ3v) is 3.16. The zero-order valence-electron chi connectivity index (χ0n) is 9.99. The van der Waals surface area contributed by atoms with E-state index in [9.17, 15) is 0 Å². The van der Waals surface area contributed by atoms with Crippen LogP contribution in [0.4, 0.5) is 5.69 Å². The van der Waals surface area contributed by atoms with E-state index in [0.29, 0.717) is 6.61 Å². The molecule has 0 unspecified atom stereocenters. The molecule has 0 amide bonds. The van der Waals surface area contributed by atoms with Crippen molar-refractivity contribution in [3.63, 3.8) is 0 Å². The minimum atomic E-state index is 0.676. The second kappa shape index (κ2) is 4.34. The van der Waals surface area contributed by atoms with Crippen LogP contribution in [0.3, 0.4) is 0 Å². The molecule has 1 N–H and O–H groups in total. The van der Waals surface area contributed by atoms with Gasteiger partial charge in [0.25, 0.3) is 0 Å². The van der Waals surface area contributed by atoms with Gasteiger partial charge in [-0.1, -0.05) is 18.2 Å². The SMILES string of the molecule is CCNc1c2c(nc3ccccc13)CCOC2. The minimum Gasteiger partial charge on any atom is -0.384 e. The Bertz CT molecular complexity index is 551. The van der Waals surface area contributed by atoms with E-state index in [-0.39, 0.29) is 0 Å². The molecule has 17 heavy (non-hydrogen) atoms. The molecule has 1 aliphatic rings. The Balaban J connectivity index is 2.28. The van der Waals surface area contributed by atoms with Crippen molar-refractivity contribution in [2.24, 2.45) is 0 Å². The molecule has 0 spiro atoms. The summed E-state index contributed by atoms with van der Waals surface area (Å²) in [6.45, 7) is 4.49. The number of pyridine rings is 1. The first-order valence-electron chi connectivity index (χ1n) is 6.12. The number of fused-ring (bicyclic) bond motifs is 2. The van der Waals surface area contributed by atoms with Gasteiger partial charge in [0.15, 0.2) is 0 Å². The summed E-state index contributed by atoms with van der Waals surface area (Å²) in [5, 5.41) is 4.65. The molecule has 3 heteroatoms. The van der Waals surface area contributed by atoms with Gasteiger partial charge in [0.05, 0.1) is 30.1 Å². The Labute approximate surface area is 101 Å². The molecule has 88 valence electrons. The number of aromatic nitrogens is 1. The Morgan fingerprint density at radius 1 is 1.35 bits per heavy atom. The number of hydrogen-bond donors (Lipinski definition) is 1. The summed E-state index contributed by atoms with van der Waals surface area (Å²) < 4.78 is 5.55. The van der Waals surface area contributed by atoms with Crippen molar-refractivity contribution >= 4 is 16.6 Å². The Kier molecular flexibility index (Phi) is 2.69. The first-order chi connectivity index (χ1) is 8.40. The standard InChI is InChI=1S/C14H16N2O/c1-2-15-14-10-5-3-4-6-12(10)16-13-7-8-17-9-11(13)14/h3-6H,2,7-9H2,1H3,(H,15,16). The topological polar surface area (TPSA) is 34.2 Å². The highest BCUT2D eigenvalue weighted by molar-refractivity contribution is 5.93. The van der Waals surface area contributed by atoms with Gasteiger partial charge in [0, 0.05) is 23.9 Å². The van der Waals surface area contributed by atoms with Crippen LogP contribution in [-0.2, 0) is 17.8 Å². The summed E-state index contributed by atoms with van der Waals surface area (Å²) in [7, 11) is 0. The molecule has 0 radical (unpaired) electrons. The van der Waals surface area contributed by atoms with E-state index in [4.69, 9.17) is 9.72 Å². The number of nitrogens with zero attached hydrogens (tertiary/aromatic N) is 1. The van der Waals surface area contributed by atoms with Crippen LogP contribution >= 0.6 is 0 Å². The summed E-state index contributed by atoms with van der Waals surface area (Å²) in [5.41, 5.74) is 4.69. The van der Waals surface area contributed by atoms with Crippen LogP contribution in [0.1, 0.15) is 18.2 Å². The van der Waals surface area contributed by atoms with Crippen LogP contribution in [-0.4, -0.2) is 18.1 Å². The molecule has 0 saturated carbocycles. The molecule has 2 aromatic rings. The molecular formula is C14H16N2O. The summed E-state index contributed by atoms with van der Waals surface area (Å²) in [5.74, 6) is 0. The van der Waals surface area contributed by atoms with Gasteiger partial charge >= 0.3 is 0 Å². The largest absolute Gasteiger partial charge is 0.384 e. The fraction of sp³-hybridized carbons (Fsp3) is 0.357. The lowest BCUT2D eigenvalue weighted by molar-refractivity contribution is 0.110. The number of hydrogen-bond acceptors (Lipinski definition) is 3. The first kappa shape index (κ1) is 10.5. The highest BCUT2D eigenvalue weighted by Gasteiger charge is 2.17. The van der Waals surface area contributed by atoms with Gasteiger partial charge in [-0.15, -0.1) is 0 Å². The molecule has 2 heterocycles. The second-order valence-corrected chi connectivity index (χ2v) is 4.26. The average molecular weight is 228 g/mol. The predicted molar refractivity (Wildman–Crippen MR) is 69.3 cm³/mol. The highest BCUT2D eigenvalue weighted by Crippen LogP contribution is 2.31. The maximum atomic E-state index is 5.55. The number of benzene rings is 1. The summed E-state index contributed by atoms with van der Waals surface area (Å²) in [4.78, 5) is 4.74. The van der Waals surface area contributed by atoms with Crippen LogP contribution in [0.25, 0.3) is 10.9 Å². The number of nitrogens with one attached hydrogen (secondary N) is 1. The second-order valence-electron chi connectivity index (χ2n) is 4.26. The number of anilines is 1. The molecule has 1 aliphatic heterocycles. The molecule has 0 bridgehead atoms. The zero-order chi connectivity index (χ0) is 11.7. The molecule has 0 atom stereocenters. The lowest BCUT2D eigenvalue weighted by Gasteiger charge is -2.21. The molecule has 0 saturated heterocycles. The molecular weight excluding hydrogens is 212 g/mol. The molecule has 3 rings (SSSR count). The van der Waals surface area contributed by atoms with Gasteiger partial charge in [-0.3, -0.25) is 4.98 Å². The summed E-state index contributed by atoms with van der Waals surface area (Å²) >= 11 is 0. The number of rotatable bonds is 2. The van der Waals surface area contributed by atoms with Gasteiger partial charge in [-0.2, -0.15) is 0 Å². The molecule has 3 nitrogen and oxygen atoms in total. The lowest BCUT2D eigenvalue weighted by atomic mass is 10.0. The van der Waals surface area contributed by atoms with E-state index in [1.54, 1.807) is 0 Å². The quantitative estimate of drug-likeness (QED) is 0.858. The maximum absolute atomic E-state index is 5.55. The van der Waals surface area contributed by atoms with Gasteiger partial charge in [-0.25, -0.2) is 0 Å². The predicted octanol–water partition coefficient (Wildman–Crippen LogP) is 2.74. The van der Waals surface area contributed by atoms with Crippen molar-refractivity contribution in [2.45, 2.75) is 20.0 Å². The maximum Gasteiger partial charge on any atom is 0.0755 e. The zero-order valence-corrected chi connectivity index (χ0v) is 9.99. The van der Waals surface area contributed by atoms with E-state index >= 15 is 0 Å². The van der Waals surface area contributed by atoms with Crippen molar-refractivity contribution in [3.05, 3.63) is 35.5 Å². The van der Waals surface area contributed by atoms with E-state index in [0.717, 1.165) is 25.1 Å². The fourth-order valence-corrected chi connectivity index (χ4v) is 2.39. The van der Waals surface area contributed by atoms with Crippen LogP contribution in [0, 0.1) is 0 Å². The van der Waals surface area contributed by atoms with Crippen LogP contribution in [0.15, 0.2) is 24.3 Å².